The lowest BCUT2D eigenvalue weighted by molar-refractivity contribution is -0.139. The van der Waals surface area contributed by atoms with Crippen LogP contribution in [-0.2, 0) is 22.6 Å². The summed E-state index contributed by atoms with van der Waals surface area (Å²) in [5.74, 6) is -0.207. The van der Waals surface area contributed by atoms with E-state index >= 15 is 0 Å². The molecule has 0 bridgehead atoms. The van der Waals surface area contributed by atoms with Crippen LogP contribution in [0.5, 0.6) is 5.75 Å². The summed E-state index contributed by atoms with van der Waals surface area (Å²) in [5, 5.41) is 0. The Labute approximate surface area is 153 Å². The van der Waals surface area contributed by atoms with Crippen molar-refractivity contribution in [2.24, 2.45) is 0 Å². The fourth-order valence-electron chi connectivity index (χ4n) is 2.28. The molecule has 6 heteroatoms. The maximum Gasteiger partial charge on any atom is 0.309 e. The summed E-state index contributed by atoms with van der Waals surface area (Å²) in [6.07, 6.45) is -2.49. The average molecular weight is 446 g/mol. The number of carbonyl (C=O) groups excluding carboxylic acids is 1. The molecule has 0 atom stereocenters. The fraction of sp³-hybridized carbons (Fsp3) is 0.278. The summed E-state index contributed by atoms with van der Waals surface area (Å²) < 4.78 is 37.6. The van der Waals surface area contributed by atoms with Crippen LogP contribution in [0.25, 0.3) is 0 Å². The first-order valence-corrected chi connectivity index (χ1v) is 8.34. The molecule has 128 valence electrons. The van der Waals surface area contributed by atoms with Crippen LogP contribution in [0.3, 0.4) is 0 Å². The van der Waals surface area contributed by atoms with E-state index in [-0.39, 0.29) is 30.3 Å². The van der Waals surface area contributed by atoms with Crippen molar-refractivity contribution in [1.29, 1.82) is 0 Å². The minimum atomic E-state index is -2.61. The summed E-state index contributed by atoms with van der Waals surface area (Å²) in [5.41, 5.74) is 2.18. The molecule has 0 unspecified atom stereocenters. The van der Waals surface area contributed by atoms with Crippen LogP contribution < -0.4 is 4.74 Å². The lowest BCUT2D eigenvalue weighted by Crippen LogP contribution is -2.10. The van der Waals surface area contributed by atoms with Gasteiger partial charge in [-0.05, 0) is 53.3 Å². The first-order valence-electron chi connectivity index (χ1n) is 7.27. The van der Waals surface area contributed by atoms with Crippen molar-refractivity contribution in [3.8, 4) is 5.75 Å². The molecular formula is C18H17F2IO3. The summed E-state index contributed by atoms with van der Waals surface area (Å²) in [6.45, 7) is 1.86. The molecule has 0 spiro atoms. The summed E-state index contributed by atoms with van der Waals surface area (Å²) in [7, 11) is 1.33. The number of alkyl halides is 2. The van der Waals surface area contributed by atoms with E-state index in [4.69, 9.17) is 9.47 Å². The molecular weight excluding hydrogens is 429 g/mol. The van der Waals surface area contributed by atoms with Crippen molar-refractivity contribution in [3.05, 3.63) is 62.2 Å². The number of halogens is 3. The fourth-order valence-corrected chi connectivity index (χ4v) is 2.99. The molecule has 0 saturated heterocycles. The third-order valence-electron chi connectivity index (χ3n) is 3.55. The van der Waals surface area contributed by atoms with Crippen LogP contribution in [0.1, 0.15) is 28.7 Å². The second-order valence-corrected chi connectivity index (χ2v) is 6.42. The van der Waals surface area contributed by atoms with Crippen LogP contribution in [0.15, 0.2) is 36.4 Å². The van der Waals surface area contributed by atoms with Crippen LogP contribution in [0, 0.1) is 10.5 Å². The zero-order valence-corrected chi connectivity index (χ0v) is 15.5. The Bertz CT molecular complexity index is 732. The first kappa shape index (κ1) is 18.6. The van der Waals surface area contributed by atoms with Gasteiger partial charge in [0.2, 0.25) is 0 Å². The van der Waals surface area contributed by atoms with E-state index in [0.29, 0.717) is 0 Å². The van der Waals surface area contributed by atoms with Crippen LogP contribution >= 0.6 is 22.6 Å². The molecule has 0 saturated carbocycles. The van der Waals surface area contributed by atoms with Crippen molar-refractivity contribution in [2.45, 2.75) is 26.4 Å². The molecule has 2 rings (SSSR count). The highest BCUT2D eigenvalue weighted by molar-refractivity contribution is 14.1. The van der Waals surface area contributed by atoms with E-state index in [9.17, 15) is 13.6 Å². The number of aryl methyl sites for hydroxylation is 1. The lowest BCUT2D eigenvalue weighted by Gasteiger charge is -2.15. The molecule has 0 radical (unpaired) electrons. The Morgan fingerprint density at radius 3 is 2.67 bits per heavy atom. The van der Waals surface area contributed by atoms with Crippen molar-refractivity contribution in [3.63, 3.8) is 0 Å². The smallest absolute Gasteiger partial charge is 0.309 e. The number of methoxy groups -OCH3 is 1. The Balaban J connectivity index is 2.25. The van der Waals surface area contributed by atoms with E-state index in [2.05, 4.69) is 22.6 Å². The third-order valence-corrected chi connectivity index (χ3v) is 4.56. The second-order valence-electron chi connectivity index (χ2n) is 5.26. The van der Waals surface area contributed by atoms with E-state index in [1.807, 2.05) is 12.1 Å². The van der Waals surface area contributed by atoms with E-state index < -0.39 is 6.43 Å². The molecule has 0 aliphatic heterocycles. The quantitative estimate of drug-likeness (QED) is 0.471. The number of ether oxygens (including phenoxy) is 2. The highest BCUT2D eigenvalue weighted by atomic mass is 127. The molecule has 0 heterocycles. The highest BCUT2D eigenvalue weighted by Gasteiger charge is 2.16. The van der Waals surface area contributed by atoms with Crippen LogP contribution in [0.4, 0.5) is 8.78 Å². The van der Waals surface area contributed by atoms with E-state index in [1.165, 1.54) is 13.2 Å². The molecule has 0 aromatic heterocycles. The zero-order valence-electron chi connectivity index (χ0n) is 13.3. The van der Waals surface area contributed by atoms with Gasteiger partial charge in [0.15, 0.2) is 0 Å². The first-order chi connectivity index (χ1) is 11.4. The maximum atomic E-state index is 13.2. The Hall–Kier alpha value is -1.70. The molecule has 3 nitrogen and oxygen atoms in total. The zero-order chi connectivity index (χ0) is 17.7. The second kappa shape index (κ2) is 8.41. The van der Waals surface area contributed by atoms with Gasteiger partial charge >= 0.3 is 5.97 Å². The number of esters is 1. The van der Waals surface area contributed by atoms with Gasteiger partial charge in [-0.25, -0.2) is 8.78 Å². The lowest BCUT2D eigenvalue weighted by atomic mass is 10.1. The monoisotopic (exact) mass is 446 g/mol. The van der Waals surface area contributed by atoms with Crippen molar-refractivity contribution in [2.75, 3.05) is 7.11 Å². The minimum absolute atomic E-state index is 0.105. The van der Waals surface area contributed by atoms with Crippen molar-refractivity contribution >= 4 is 28.6 Å². The summed E-state index contributed by atoms with van der Waals surface area (Å²) in [6, 6.07) is 10.2. The topological polar surface area (TPSA) is 35.5 Å². The highest BCUT2D eigenvalue weighted by Crippen LogP contribution is 2.31. The molecule has 2 aromatic rings. The number of rotatable bonds is 6. The summed E-state index contributed by atoms with van der Waals surface area (Å²) in [4.78, 5) is 11.5. The van der Waals surface area contributed by atoms with Gasteiger partial charge in [-0.2, -0.15) is 0 Å². The summed E-state index contributed by atoms with van der Waals surface area (Å²) >= 11 is 2.13. The molecule has 0 N–H and O–H groups in total. The van der Waals surface area contributed by atoms with Crippen LogP contribution in [0.2, 0.25) is 0 Å². The average Bonchev–Trinajstić information content (AvgIpc) is 2.55. The van der Waals surface area contributed by atoms with Gasteiger partial charge in [-0.1, -0.05) is 23.8 Å². The predicted molar refractivity (Wildman–Crippen MR) is 95.3 cm³/mol. The number of carbonyl (C=O) groups is 1. The SMILES string of the molecule is COC(=O)Cc1cccc(I)c1COc1ccc(C)cc1C(F)F. The number of benzene rings is 2. The maximum absolute atomic E-state index is 13.2. The Morgan fingerprint density at radius 2 is 2.00 bits per heavy atom. The largest absolute Gasteiger partial charge is 0.488 e. The minimum Gasteiger partial charge on any atom is -0.488 e. The van der Waals surface area contributed by atoms with Crippen LogP contribution in [-0.4, -0.2) is 13.1 Å². The normalized spacial score (nSPS) is 10.8. The van der Waals surface area contributed by atoms with E-state index in [1.54, 1.807) is 25.1 Å². The van der Waals surface area contributed by atoms with Crippen molar-refractivity contribution in [1.82, 2.24) is 0 Å². The van der Waals surface area contributed by atoms with Gasteiger partial charge in [-0.15, -0.1) is 0 Å². The number of hydrogen-bond acceptors (Lipinski definition) is 3. The molecule has 2 aromatic carbocycles. The number of hydrogen-bond donors (Lipinski definition) is 0. The van der Waals surface area contributed by atoms with Gasteiger partial charge in [0.25, 0.3) is 6.43 Å². The van der Waals surface area contributed by atoms with Gasteiger partial charge in [0.05, 0.1) is 19.1 Å². The Kier molecular flexibility index (Phi) is 6.53. The van der Waals surface area contributed by atoms with Gasteiger partial charge in [-0.3, -0.25) is 4.79 Å². The molecule has 0 aliphatic carbocycles. The van der Waals surface area contributed by atoms with E-state index in [0.717, 1.165) is 20.3 Å². The van der Waals surface area contributed by atoms with Gasteiger partial charge in [0.1, 0.15) is 12.4 Å². The Morgan fingerprint density at radius 1 is 1.25 bits per heavy atom. The third kappa shape index (κ3) is 4.66. The van der Waals surface area contributed by atoms with Gasteiger partial charge in [0, 0.05) is 9.13 Å². The molecule has 0 fully saturated rings. The molecule has 0 amide bonds. The van der Waals surface area contributed by atoms with Gasteiger partial charge < -0.3 is 9.47 Å². The molecule has 0 aliphatic rings. The predicted octanol–water partition coefficient (Wildman–Crippen LogP) is 4.83. The van der Waals surface area contributed by atoms with Crippen molar-refractivity contribution < 1.29 is 23.0 Å². The standard InChI is InChI=1S/C18H17F2IO3/c1-11-6-7-16(13(8-11)18(19)20)24-10-14-12(9-17(22)23-2)4-3-5-15(14)21/h3-8,18H,9-10H2,1-2H3. The molecule has 24 heavy (non-hydrogen) atoms.